The van der Waals surface area contributed by atoms with Crippen molar-refractivity contribution in [1.82, 2.24) is 5.32 Å². The van der Waals surface area contributed by atoms with Crippen LogP contribution in [0.4, 0.5) is 10.1 Å². The highest BCUT2D eigenvalue weighted by Gasteiger charge is 2.28. The van der Waals surface area contributed by atoms with Crippen LogP contribution < -0.4 is 10.2 Å². The number of hydrogen-bond donors (Lipinski definition) is 2. The summed E-state index contributed by atoms with van der Waals surface area (Å²) in [4.78, 5) is 1.95. The molecule has 1 unspecified atom stereocenters. The number of hydrogen-bond acceptors (Lipinski definition) is 3. The quantitative estimate of drug-likeness (QED) is 0.841. The monoisotopic (exact) mass is 280 g/mol. The van der Waals surface area contributed by atoms with Gasteiger partial charge in [-0.1, -0.05) is 13.0 Å². The molecule has 0 amide bonds. The molecule has 3 nitrogen and oxygen atoms in total. The van der Waals surface area contributed by atoms with E-state index in [2.05, 4.69) is 5.32 Å². The van der Waals surface area contributed by atoms with Gasteiger partial charge < -0.3 is 15.3 Å². The van der Waals surface area contributed by atoms with E-state index in [1.807, 2.05) is 37.9 Å². The minimum atomic E-state index is -0.172. The Kier molecular flexibility index (Phi) is 5.00. The Labute approximate surface area is 120 Å². The average Bonchev–Trinajstić information content (AvgIpc) is 2.36. The number of nitrogens with one attached hydrogen (secondary N) is 1. The van der Waals surface area contributed by atoms with Gasteiger partial charge in [-0.25, -0.2) is 4.39 Å². The van der Waals surface area contributed by atoms with Gasteiger partial charge in [0.25, 0.3) is 0 Å². The third-order valence-corrected chi connectivity index (χ3v) is 4.14. The molecule has 0 bridgehead atoms. The molecular formula is C16H25FN2O. The second kappa shape index (κ2) is 6.55. The number of benzene rings is 1. The lowest BCUT2D eigenvalue weighted by Gasteiger charge is -2.35. The summed E-state index contributed by atoms with van der Waals surface area (Å²) in [6.07, 6.45) is 1.52. The zero-order valence-electron chi connectivity index (χ0n) is 12.6. The summed E-state index contributed by atoms with van der Waals surface area (Å²) in [6.45, 7) is 5.75. The normalized spacial score (nSPS) is 23.2. The molecule has 1 aromatic carbocycles. The van der Waals surface area contributed by atoms with Crippen molar-refractivity contribution in [2.75, 3.05) is 25.0 Å². The van der Waals surface area contributed by atoms with Crippen LogP contribution in [0.15, 0.2) is 18.2 Å². The first kappa shape index (κ1) is 15.3. The first-order chi connectivity index (χ1) is 9.51. The standard InChI is InChI=1S/C16H25FN2O/c1-4-18-11(2)13-5-6-16(15(17)9-13)19(3)10-12-7-14(20)8-12/h5-6,9,11-12,14,18,20H,4,7-8,10H2,1-3H3. The molecule has 0 aromatic heterocycles. The van der Waals surface area contributed by atoms with Crippen molar-refractivity contribution in [3.8, 4) is 0 Å². The van der Waals surface area contributed by atoms with Crippen LogP contribution in [0.2, 0.25) is 0 Å². The van der Waals surface area contributed by atoms with Crippen LogP contribution in [0.1, 0.15) is 38.3 Å². The number of aliphatic hydroxyl groups is 1. The van der Waals surface area contributed by atoms with Crippen molar-refractivity contribution >= 4 is 5.69 Å². The molecule has 1 atom stereocenters. The van der Waals surface area contributed by atoms with Gasteiger partial charge in [-0.3, -0.25) is 0 Å². The van der Waals surface area contributed by atoms with Crippen LogP contribution in [0, 0.1) is 11.7 Å². The van der Waals surface area contributed by atoms with Gasteiger partial charge in [0, 0.05) is 19.6 Å². The van der Waals surface area contributed by atoms with Gasteiger partial charge in [0.15, 0.2) is 0 Å². The summed E-state index contributed by atoms with van der Waals surface area (Å²) >= 11 is 0. The van der Waals surface area contributed by atoms with Gasteiger partial charge in [0.05, 0.1) is 11.8 Å². The van der Waals surface area contributed by atoms with Gasteiger partial charge in [-0.05, 0) is 49.9 Å². The summed E-state index contributed by atoms with van der Waals surface area (Å²) in [5, 5.41) is 12.6. The Morgan fingerprint density at radius 2 is 2.15 bits per heavy atom. The Hall–Kier alpha value is -1.13. The van der Waals surface area contributed by atoms with Crippen LogP contribution in [-0.2, 0) is 0 Å². The number of nitrogens with zero attached hydrogens (tertiary/aromatic N) is 1. The molecule has 0 spiro atoms. The van der Waals surface area contributed by atoms with Gasteiger partial charge >= 0.3 is 0 Å². The third kappa shape index (κ3) is 3.49. The van der Waals surface area contributed by atoms with Crippen LogP contribution in [0.25, 0.3) is 0 Å². The molecule has 1 fully saturated rings. The summed E-state index contributed by atoms with van der Waals surface area (Å²) in [5.41, 5.74) is 1.61. The lowest BCUT2D eigenvalue weighted by molar-refractivity contribution is 0.0464. The fourth-order valence-corrected chi connectivity index (χ4v) is 2.86. The highest BCUT2D eigenvalue weighted by atomic mass is 19.1. The van der Waals surface area contributed by atoms with Gasteiger partial charge in [0.2, 0.25) is 0 Å². The molecule has 1 aromatic rings. The molecule has 0 aliphatic heterocycles. The first-order valence-electron chi connectivity index (χ1n) is 7.43. The molecule has 0 radical (unpaired) electrons. The fraction of sp³-hybridized carbons (Fsp3) is 0.625. The molecule has 20 heavy (non-hydrogen) atoms. The van der Waals surface area contributed by atoms with E-state index in [4.69, 9.17) is 0 Å². The molecule has 4 heteroatoms. The maximum absolute atomic E-state index is 14.2. The van der Waals surface area contributed by atoms with E-state index in [1.54, 1.807) is 6.07 Å². The molecule has 1 aliphatic rings. The molecule has 112 valence electrons. The number of halogens is 1. The highest BCUT2D eigenvalue weighted by Crippen LogP contribution is 2.30. The number of aliphatic hydroxyl groups excluding tert-OH is 1. The zero-order chi connectivity index (χ0) is 14.7. The van der Waals surface area contributed by atoms with Crippen molar-refractivity contribution in [2.24, 2.45) is 5.92 Å². The Bertz CT molecular complexity index is 446. The minimum Gasteiger partial charge on any atom is -0.393 e. The largest absolute Gasteiger partial charge is 0.393 e. The van der Waals surface area contributed by atoms with Crippen molar-refractivity contribution in [2.45, 2.75) is 38.8 Å². The van der Waals surface area contributed by atoms with E-state index in [-0.39, 0.29) is 18.0 Å². The molecule has 2 rings (SSSR count). The lowest BCUT2D eigenvalue weighted by atomic mass is 9.82. The van der Waals surface area contributed by atoms with Crippen molar-refractivity contribution < 1.29 is 9.50 Å². The summed E-state index contributed by atoms with van der Waals surface area (Å²) in [5.74, 6) is 0.310. The topological polar surface area (TPSA) is 35.5 Å². The summed E-state index contributed by atoms with van der Waals surface area (Å²) in [6, 6.07) is 5.62. The molecular weight excluding hydrogens is 255 g/mol. The van der Waals surface area contributed by atoms with E-state index in [0.29, 0.717) is 11.6 Å². The molecule has 1 saturated carbocycles. The van der Waals surface area contributed by atoms with Gasteiger partial charge in [-0.2, -0.15) is 0 Å². The second-order valence-electron chi connectivity index (χ2n) is 5.86. The summed E-state index contributed by atoms with van der Waals surface area (Å²) in [7, 11) is 1.91. The number of anilines is 1. The van der Waals surface area contributed by atoms with Crippen molar-refractivity contribution in [3.63, 3.8) is 0 Å². The Morgan fingerprint density at radius 3 is 2.70 bits per heavy atom. The first-order valence-corrected chi connectivity index (χ1v) is 7.43. The van der Waals surface area contributed by atoms with E-state index < -0.39 is 0 Å². The molecule has 1 aliphatic carbocycles. The Balaban J connectivity index is 2.01. The van der Waals surface area contributed by atoms with E-state index in [9.17, 15) is 9.50 Å². The maximum Gasteiger partial charge on any atom is 0.146 e. The molecule has 2 N–H and O–H groups in total. The third-order valence-electron chi connectivity index (χ3n) is 4.14. The van der Waals surface area contributed by atoms with Gasteiger partial charge in [-0.15, -0.1) is 0 Å². The van der Waals surface area contributed by atoms with E-state index >= 15 is 0 Å². The van der Waals surface area contributed by atoms with Crippen molar-refractivity contribution in [3.05, 3.63) is 29.6 Å². The average molecular weight is 280 g/mol. The highest BCUT2D eigenvalue weighted by molar-refractivity contribution is 5.49. The smallest absolute Gasteiger partial charge is 0.146 e. The predicted molar refractivity (Wildman–Crippen MR) is 80.5 cm³/mol. The maximum atomic E-state index is 14.2. The van der Waals surface area contributed by atoms with Gasteiger partial charge in [0.1, 0.15) is 5.82 Å². The van der Waals surface area contributed by atoms with Crippen molar-refractivity contribution in [1.29, 1.82) is 0 Å². The van der Waals surface area contributed by atoms with Crippen LogP contribution in [-0.4, -0.2) is 31.3 Å². The minimum absolute atomic E-state index is 0.151. The zero-order valence-corrected chi connectivity index (χ0v) is 12.6. The lowest BCUT2D eigenvalue weighted by Crippen LogP contribution is -2.37. The number of rotatable bonds is 6. The van der Waals surface area contributed by atoms with Crippen LogP contribution >= 0.6 is 0 Å². The van der Waals surface area contributed by atoms with E-state index in [0.717, 1.165) is 31.5 Å². The Morgan fingerprint density at radius 1 is 1.45 bits per heavy atom. The molecule has 0 saturated heterocycles. The van der Waals surface area contributed by atoms with Crippen LogP contribution in [0.5, 0.6) is 0 Å². The fourth-order valence-electron chi connectivity index (χ4n) is 2.86. The van der Waals surface area contributed by atoms with E-state index in [1.165, 1.54) is 0 Å². The van der Waals surface area contributed by atoms with Crippen LogP contribution in [0.3, 0.4) is 0 Å². The molecule has 0 heterocycles. The summed E-state index contributed by atoms with van der Waals surface area (Å²) < 4.78 is 14.2. The SMILES string of the molecule is CCNC(C)c1ccc(N(C)CC2CC(O)C2)c(F)c1. The second-order valence-corrected chi connectivity index (χ2v) is 5.86. The predicted octanol–water partition coefficient (Wildman–Crippen LogP) is 2.70.